The van der Waals surface area contributed by atoms with Crippen LogP contribution in [0, 0.1) is 0 Å². The van der Waals surface area contributed by atoms with Crippen LogP contribution in [0.1, 0.15) is 0 Å². The van der Waals surface area contributed by atoms with Crippen molar-refractivity contribution >= 4 is 38.9 Å². The minimum atomic E-state index is -3.76. The van der Waals surface area contributed by atoms with E-state index in [2.05, 4.69) is 9.62 Å². The molecule has 0 spiro atoms. The highest BCUT2D eigenvalue weighted by Crippen LogP contribution is 2.22. The number of piperazine rings is 1. The van der Waals surface area contributed by atoms with E-state index in [0.29, 0.717) is 29.5 Å². The molecule has 3 aromatic rings. The number of hydrogen-bond acceptors (Lipinski definition) is 6. The highest BCUT2D eigenvalue weighted by Gasteiger charge is 2.22. The average molecular weight is 516 g/mol. The molecule has 0 aromatic heterocycles. The molecule has 0 saturated carbocycles. The third kappa shape index (κ3) is 6.37. The number of nitrogens with one attached hydrogen (secondary N) is 1. The molecule has 1 aliphatic heterocycles. The number of carbonyl (C=O) groups excluding carboxylic acids is 1. The first-order chi connectivity index (χ1) is 16.8. The van der Waals surface area contributed by atoms with Gasteiger partial charge in [-0.05, 0) is 72.8 Å². The van der Waals surface area contributed by atoms with Crippen LogP contribution in [0.4, 0.5) is 11.4 Å². The van der Waals surface area contributed by atoms with Crippen molar-refractivity contribution < 1.29 is 22.7 Å². The van der Waals surface area contributed by atoms with Gasteiger partial charge in [-0.1, -0.05) is 11.6 Å². The van der Waals surface area contributed by atoms with Crippen LogP contribution in [0.3, 0.4) is 0 Å². The Morgan fingerprint density at radius 3 is 2.09 bits per heavy atom. The lowest BCUT2D eigenvalue weighted by Crippen LogP contribution is -2.50. The maximum absolute atomic E-state index is 12.6. The van der Waals surface area contributed by atoms with Crippen LogP contribution in [0.2, 0.25) is 5.02 Å². The molecular formula is C25H26ClN3O5S. The van der Waals surface area contributed by atoms with E-state index in [1.165, 1.54) is 24.3 Å². The zero-order valence-corrected chi connectivity index (χ0v) is 20.8. The quantitative estimate of drug-likeness (QED) is 0.490. The standard InChI is InChI=1S/C25H26ClN3O5S/c1-33-22-8-6-21(7-9-22)28-14-16-29(17-15-28)25(30)18-34-23-10-12-24(13-11-23)35(31,32)27-20-4-2-19(26)3-5-20/h2-13,27H,14-18H2,1H3. The number of ether oxygens (including phenoxy) is 2. The van der Waals surface area contributed by atoms with E-state index in [9.17, 15) is 13.2 Å². The summed E-state index contributed by atoms with van der Waals surface area (Å²) in [5, 5.41) is 0.517. The lowest BCUT2D eigenvalue weighted by atomic mass is 10.2. The summed E-state index contributed by atoms with van der Waals surface area (Å²) in [6.07, 6.45) is 0. The maximum atomic E-state index is 12.6. The number of benzene rings is 3. The van der Waals surface area contributed by atoms with Crippen LogP contribution in [0.25, 0.3) is 0 Å². The first kappa shape index (κ1) is 24.7. The second-order valence-electron chi connectivity index (χ2n) is 7.94. The molecule has 10 heteroatoms. The number of rotatable bonds is 8. The van der Waals surface area contributed by atoms with Crippen LogP contribution in [0.5, 0.6) is 11.5 Å². The normalized spacial score (nSPS) is 13.9. The number of methoxy groups -OCH3 is 1. The summed E-state index contributed by atoms with van der Waals surface area (Å²) in [6.45, 7) is 2.54. The molecule has 0 atom stereocenters. The fourth-order valence-electron chi connectivity index (χ4n) is 3.69. The molecule has 0 bridgehead atoms. The summed E-state index contributed by atoms with van der Waals surface area (Å²) in [5.74, 6) is 1.12. The lowest BCUT2D eigenvalue weighted by molar-refractivity contribution is -0.133. The van der Waals surface area contributed by atoms with E-state index < -0.39 is 10.0 Å². The van der Waals surface area contributed by atoms with Crippen molar-refractivity contribution in [2.75, 3.05) is 49.5 Å². The first-order valence-corrected chi connectivity index (χ1v) is 12.9. The maximum Gasteiger partial charge on any atom is 0.261 e. The summed E-state index contributed by atoms with van der Waals surface area (Å²) in [5.41, 5.74) is 1.50. The summed E-state index contributed by atoms with van der Waals surface area (Å²) < 4.78 is 38.5. The topological polar surface area (TPSA) is 88.2 Å². The van der Waals surface area contributed by atoms with E-state index in [1.807, 2.05) is 24.3 Å². The van der Waals surface area contributed by atoms with Crippen LogP contribution in [-0.2, 0) is 14.8 Å². The Bertz CT molecular complexity index is 1240. The summed E-state index contributed by atoms with van der Waals surface area (Å²) in [4.78, 5) is 16.7. The molecule has 1 amide bonds. The molecule has 184 valence electrons. The van der Waals surface area contributed by atoms with Gasteiger partial charge in [0.25, 0.3) is 15.9 Å². The highest BCUT2D eigenvalue weighted by molar-refractivity contribution is 7.92. The number of sulfonamides is 1. The van der Waals surface area contributed by atoms with Crippen LogP contribution < -0.4 is 19.1 Å². The van der Waals surface area contributed by atoms with E-state index in [0.717, 1.165) is 24.5 Å². The van der Waals surface area contributed by atoms with Gasteiger partial charge in [-0.2, -0.15) is 0 Å². The van der Waals surface area contributed by atoms with Gasteiger partial charge in [0, 0.05) is 42.6 Å². The minimum Gasteiger partial charge on any atom is -0.497 e. The van der Waals surface area contributed by atoms with Gasteiger partial charge in [0.1, 0.15) is 11.5 Å². The van der Waals surface area contributed by atoms with Gasteiger partial charge in [0.05, 0.1) is 12.0 Å². The van der Waals surface area contributed by atoms with Crippen LogP contribution in [-0.4, -0.2) is 59.1 Å². The SMILES string of the molecule is COc1ccc(N2CCN(C(=O)COc3ccc(S(=O)(=O)Nc4ccc(Cl)cc4)cc3)CC2)cc1. The number of nitrogens with zero attached hydrogens (tertiary/aromatic N) is 2. The Morgan fingerprint density at radius 2 is 1.49 bits per heavy atom. The summed E-state index contributed by atoms with van der Waals surface area (Å²) in [7, 11) is -2.12. The van der Waals surface area contributed by atoms with Gasteiger partial charge >= 0.3 is 0 Å². The van der Waals surface area contributed by atoms with Gasteiger partial charge in [0.2, 0.25) is 0 Å². The fourth-order valence-corrected chi connectivity index (χ4v) is 4.88. The van der Waals surface area contributed by atoms with Crippen LogP contribution in [0.15, 0.2) is 77.7 Å². The fraction of sp³-hybridized carbons (Fsp3) is 0.240. The van der Waals surface area contributed by atoms with Gasteiger partial charge in [-0.3, -0.25) is 9.52 Å². The molecule has 4 rings (SSSR count). The third-order valence-corrected chi connectivity index (χ3v) is 7.31. The minimum absolute atomic E-state index is 0.0841. The zero-order valence-electron chi connectivity index (χ0n) is 19.2. The van der Waals surface area contributed by atoms with Crippen molar-refractivity contribution in [3.63, 3.8) is 0 Å². The Morgan fingerprint density at radius 1 is 0.886 bits per heavy atom. The van der Waals surface area contributed by atoms with E-state index in [4.69, 9.17) is 21.1 Å². The number of halogens is 1. The molecule has 0 aliphatic carbocycles. The van der Waals surface area contributed by atoms with E-state index in [1.54, 1.807) is 36.3 Å². The van der Waals surface area contributed by atoms with Crippen molar-refractivity contribution in [1.82, 2.24) is 4.90 Å². The van der Waals surface area contributed by atoms with Crippen molar-refractivity contribution in [3.8, 4) is 11.5 Å². The molecule has 0 unspecified atom stereocenters. The van der Waals surface area contributed by atoms with E-state index in [-0.39, 0.29) is 17.4 Å². The van der Waals surface area contributed by atoms with Crippen LogP contribution >= 0.6 is 11.6 Å². The number of carbonyl (C=O) groups is 1. The first-order valence-electron chi connectivity index (χ1n) is 11.0. The molecule has 1 fully saturated rings. The monoisotopic (exact) mass is 515 g/mol. The Balaban J connectivity index is 1.26. The van der Waals surface area contributed by atoms with Crippen molar-refractivity contribution in [1.29, 1.82) is 0 Å². The lowest BCUT2D eigenvalue weighted by Gasteiger charge is -2.36. The van der Waals surface area contributed by atoms with Crippen molar-refractivity contribution in [2.24, 2.45) is 0 Å². The Kier molecular flexibility index (Phi) is 7.67. The smallest absolute Gasteiger partial charge is 0.261 e. The number of anilines is 2. The molecule has 1 saturated heterocycles. The van der Waals surface area contributed by atoms with Gasteiger partial charge in [-0.15, -0.1) is 0 Å². The Hall–Kier alpha value is -3.43. The second-order valence-corrected chi connectivity index (χ2v) is 10.1. The zero-order chi connectivity index (χ0) is 24.8. The molecule has 1 N–H and O–H groups in total. The molecule has 35 heavy (non-hydrogen) atoms. The molecule has 8 nitrogen and oxygen atoms in total. The van der Waals surface area contributed by atoms with Crippen molar-refractivity contribution in [3.05, 3.63) is 77.8 Å². The predicted octanol–water partition coefficient (Wildman–Crippen LogP) is 3.88. The van der Waals surface area contributed by atoms with E-state index >= 15 is 0 Å². The molecule has 3 aromatic carbocycles. The molecule has 1 heterocycles. The second kappa shape index (κ2) is 10.9. The largest absolute Gasteiger partial charge is 0.497 e. The van der Waals surface area contributed by atoms with Crippen molar-refractivity contribution in [2.45, 2.75) is 4.90 Å². The summed E-state index contributed by atoms with van der Waals surface area (Å²) in [6, 6.07) is 20.2. The third-order valence-electron chi connectivity index (χ3n) is 5.66. The average Bonchev–Trinajstić information content (AvgIpc) is 2.89. The van der Waals surface area contributed by atoms with Gasteiger partial charge < -0.3 is 19.3 Å². The molecule has 0 radical (unpaired) electrons. The van der Waals surface area contributed by atoms with Gasteiger partial charge in [-0.25, -0.2) is 8.42 Å². The summed E-state index contributed by atoms with van der Waals surface area (Å²) >= 11 is 5.84. The number of amides is 1. The highest BCUT2D eigenvalue weighted by atomic mass is 35.5. The van der Waals surface area contributed by atoms with Gasteiger partial charge in [0.15, 0.2) is 6.61 Å². The predicted molar refractivity (Wildman–Crippen MR) is 136 cm³/mol. The Labute approximate surface area is 210 Å². The molecule has 1 aliphatic rings. The number of hydrogen-bond donors (Lipinski definition) is 1. The molecular weight excluding hydrogens is 490 g/mol.